The van der Waals surface area contributed by atoms with E-state index in [1.54, 1.807) is 54.6 Å². The molecular weight excluding hydrogens is 388 g/mol. The first kappa shape index (κ1) is 18.7. The van der Waals surface area contributed by atoms with Gasteiger partial charge >= 0.3 is 5.69 Å². The zero-order chi connectivity index (χ0) is 20.4. The van der Waals surface area contributed by atoms with Crippen LogP contribution in [-0.2, 0) is 0 Å². The van der Waals surface area contributed by atoms with Gasteiger partial charge in [0.25, 0.3) is 0 Å². The lowest BCUT2D eigenvalue weighted by molar-refractivity contribution is -0.384. The van der Waals surface area contributed by atoms with Crippen molar-refractivity contribution >= 4 is 40.0 Å². The Morgan fingerprint density at radius 3 is 2.31 bits per heavy atom. The van der Waals surface area contributed by atoms with E-state index in [1.807, 2.05) is 24.3 Å². The van der Waals surface area contributed by atoms with Crippen LogP contribution < -0.4 is 0 Å². The van der Waals surface area contributed by atoms with Crippen LogP contribution in [0.2, 0.25) is 5.02 Å². The molecule has 0 fully saturated rings. The normalized spacial score (nSPS) is 11.6. The van der Waals surface area contributed by atoms with Crippen LogP contribution in [0, 0.1) is 10.1 Å². The van der Waals surface area contributed by atoms with Crippen LogP contribution >= 0.6 is 11.6 Å². The van der Waals surface area contributed by atoms with Crippen molar-refractivity contribution in [3.05, 3.63) is 105 Å². The Labute approximate surface area is 171 Å². The van der Waals surface area contributed by atoms with E-state index in [0.717, 1.165) is 0 Å². The largest absolute Gasteiger partial charge is 0.507 e. The molecule has 4 rings (SSSR count). The number of benzene rings is 3. The molecule has 1 heterocycles. The molecule has 6 heteroatoms. The third-order valence-corrected chi connectivity index (χ3v) is 4.77. The zero-order valence-electron chi connectivity index (χ0n) is 15.1. The van der Waals surface area contributed by atoms with Gasteiger partial charge in [0.2, 0.25) is 0 Å². The summed E-state index contributed by atoms with van der Waals surface area (Å²) in [6, 6.07) is 22.9. The van der Waals surface area contributed by atoms with Crippen molar-refractivity contribution in [2.75, 3.05) is 0 Å². The highest BCUT2D eigenvalue weighted by Crippen LogP contribution is 2.40. The highest BCUT2D eigenvalue weighted by molar-refractivity contribution is 6.31. The average Bonchev–Trinajstić information content (AvgIpc) is 2.74. The number of pyridine rings is 1. The molecule has 142 valence electrons. The van der Waals surface area contributed by atoms with E-state index in [-0.39, 0.29) is 17.1 Å². The summed E-state index contributed by atoms with van der Waals surface area (Å²) >= 11 is 6.16. The molecule has 0 aliphatic heterocycles. The van der Waals surface area contributed by atoms with Crippen molar-refractivity contribution in [3.8, 4) is 11.1 Å². The Morgan fingerprint density at radius 1 is 1.00 bits per heavy atom. The number of hydrogen-bond donors (Lipinski definition) is 1. The van der Waals surface area contributed by atoms with Gasteiger partial charge in [-0.05, 0) is 23.8 Å². The minimum absolute atomic E-state index is 0.0741. The summed E-state index contributed by atoms with van der Waals surface area (Å²) in [6.45, 7) is 0. The Balaban J connectivity index is 2.07. The molecule has 0 amide bonds. The Morgan fingerprint density at radius 2 is 1.66 bits per heavy atom. The predicted molar refractivity (Wildman–Crippen MR) is 116 cm³/mol. The highest BCUT2D eigenvalue weighted by atomic mass is 35.5. The fourth-order valence-corrected chi connectivity index (χ4v) is 3.42. The van der Waals surface area contributed by atoms with Crippen molar-refractivity contribution in [3.63, 3.8) is 0 Å². The summed E-state index contributed by atoms with van der Waals surface area (Å²) in [5.74, 6) is -0.103. The number of aromatic nitrogens is 1. The number of fused-ring (bicyclic) bond motifs is 1. The second-order valence-electron chi connectivity index (χ2n) is 6.40. The van der Waals surface area contributed by atoms with E-state index >= 15 is 0 Å². The van der Waals surface area contributed by atoms with Gasteiger partial charge in [0.1, 0.15) is 11.5 Å². The van der Waals surface area contributed by atoms with Gasteiger partial charge in [0.15, 0.2) is 0 Å². The van der Waals surface area contributed by atoms with Gasteiger partial charge in [-0.25, -0.2) is 4.98 Å². The number of nitrogens with zero attached hydrogens (tertiary/aromatic N) is 2. The van der Waals surface area contributed by atoms with Crippen LogP contribution in [0.15, 0.2) is 78.9 Å². The molecule has 4 aromatic rings. The smallest absolute Gasteiger partial charge is 0.303 e. The SMILES string of the molecule is O=[N+]([O-])c1c(C=C(O)c2ccccc2)nc2ccc(Cl)cc2c1-c1ccccc1. The lowest BCUT2D eigenvalue weighted by atomic mass is 9.97. The fourth-order valence-electron chi connectivity index (χ4n) is 3.25. The van der Waals surface area contributed by atoms with Gasteiger partial charge in [0.05, 0.1) is 16.0 Å². The van der Waals surface area contributed by atoms with Gasteiger partial charge in [-0.1, -0.05) is 72.3 Å². The number of rotatable bonds is 4. The molecule has 0 atom stereocenters. The van der Waals surface area contributed by atoms with Gasteiger partial charge in [-0.2, -0.15) is 0 Å². The van der Waals surface area contributed by atoms with Gasteiger partial charge in [0, 0.05) is 22.0 Å². The quantitative estimate of drug-likeness (QED) is 0.239. The summed E-state index contributed by atoms with van der Waals surface area (Å²) in [5.41, 5.74) is 2.06. The van der Waals surface area contributed by atoms with E-state index in [2.05, 4.69) is 4.98 Å². The van der Waals surface area contributed by atoms with Crippen LogP contribution in [0.5, 0.6) is 0 Å². The number of aliphatic hydroxyl groups excluding tert-OH is 1. The molecule has 1 aromatic heterocycles. The monoisotopic (exact) mass is 402 g/mol. The maximum absolute atomic E-state index is 12.1. The van der Waals surface area contributed by atoms with Crippen LogP contribution in [0.3, 0.4) is 0 Å². The number of hydrogen-bond acceptors (Lipinski definition) is 4. The Hall–Kier alpha value is -3.70. The van der Waals surface area contributed by atoms with Crippen molar-refractivity contribution < 1.29 is 10.0 Å². The second-order valence-corrected chi connectivity index (χ2v) is 6.84. The highest BCUT2D eigenvalue weighted by Gasteiger charge is 2.25. The molecule has 0 saturated heterocycles. The van der Waals surface area contributed by atoms with Crippen LogP contribution in [0.4, 0.5) is 5.69 Å². The lowest BCUT2D eigenvalue weighted by Crippen LogP contribution is -2.00. The third kappa shape index (κ3) is 3.68. The first-order valence-electron chi connectivity index (χ1n) is 8.84. The molecule has 3 aromatic carbocycles. The van der Waals surface area contributed by atoms with Crippen molar-refractivity contribution in [1.29, 1.82) is 0 Å². The first-order valence-corrected chi connectivity index (χ1v) is 9.21. The standard InChI is InChI=1S/C23H15ClN2O3/c24-17-11-12-19-18(13-17)22(16-9-5-2-6-10-16)23(26(28)29)20(25-19)14-21(27)15-7-3-1-4-8-15/h1-14,27H. The summed E-state index contributed by atoms with van der Waals surface area (Å²) < 4.78 is 0. The lowest BCUT2D eigenvalue weighted by Gasteiger charge is -2.11. The number of aliphatic hydroxyl groups is 1. The fraction of sp³-hybridized carbons (Fsp3) is 0. The minimum atomic E-state index is -0.472. The minimum Gasteiger partial charge on any atom is -0.507 e. The maximum Gasteiger partial charge on any atom is 0.303 e. The van der Waals surface area contributed by atoms with E-state index < -0.39 is 4.92 Å². The number of nitro groups is 1. The molecule has 0 saturated carbocycles. The predicted octanol–water partition coefficient (Wildman–Crippen LogP) is 6.52. The average molecular weight is 403 g/mol. The van der Waals surface area contributed by atoms with Crippen LogP contribution in [0.25, 0.3) is 33.9 Å². The van der Waals surface area contributed by atoms with Gasteiger partial charge < -0.3 is 5.11 Å². The topological polar surface area (TPSA) is 76.3 Å². The second kappa shape index (κ2) is 7.73. The molecule has 1 N–H and O–H groups in total. The zero-order valence-corrected chi connectivity index (χ0v) is 15.9. The summed E-state index contributed by atoms with van der Waals surface area (Å²) in [6.07, 6.45) is 1.33. The maximum atomic E-state index is 12.1. The first-order chi connectivity index (χ1) is 14.0. The molecule has 29 heavy (non-hydrogen) atoms. The van der Waals surface area contributed by atoms with E-state index in [4.69, 9.17) is 11.6 Å². The van der Waals surface area contributed by atoms with Crippen molar-refractivity contribution in [2.45, 2.75) is 0 Å². The molecule has 5 nitrogen and oxygen atoms in total. The molecule has 0 radical (unpaired) electrons. The van der Waals surface area contributed by atoms with E-state index in [1.165, 1.54) is 6.08 Å². The van der Waals surface area contributed by atoms with E-state index in [9.17, 15) is 15.2 Å². The third-order valence-electron chi connectivity index (χ3n) is 4.54. The molecule has 0 aliphatic carbocycles. The summed E-state index contributed by atoms with van der Waals surface area (Å²) in [7, 11) is 0. The molecule has 0 bridgehead atoms. The molecule has 0 spiro atoms. The van der Waals surface area contributed by atoms with Gasteiger partial charge in [-0.15, -0.1) is 0 Å². The van der Waals surface area contributed by atoms with E-state index in [0.29, 0.717) is 32.6 Å². The number of halogens is 1. The molecular formula is C23H15ClN2O3. The summed E-state index contributed by atoms with van der Waals surface area (Å²) in [4.78, 5) is 16.1. The van der Waals surface area contributed by atoms with Crippen LogP contribution in [-0.4, -0.2) is 15.0 Å². The molecule has 0 aliphatic rings. The van der Waals surface area contributed by atoms with Crippen LogP contribution in [0.1, 0.15) is 11.3 Å². The Bertz CT molecular complexity index is 1240. The Kier molecular flexibility index (Phi) is 4.97. The van der Waals surface area contributed by atoms with Gasteiger partial charge in [-0.3, -0.25) is 10.1 Å². The molecule has 0 unspecified atom stereocenters. The van der Waals surface area contributed by atoms with Crippen molar-refractivity contribution in [2.24, 2.45) is 0 Å². The van der Waals surface area contributed by atoms with Crippen molar-refractivity contribution in [1.82, 2.24) is 4.98 Å². The summed E-state index contributed by atoms with van der Waals surface area (Å²) in [5, 5.41) is 23.7.